The molecule has 1 unspecified atom stereocenters. The molecule has 1 saturated heterocycles. The number of nitrogens with zero attached hydrogens (tertiary/aromatic N) is 2. The van der Waals surface area contributed by atoms with E-state index in [0.29, 0.717) is 30.5 Å². The van der Waals surface area contributed by atoms with Gasteiger partial charge in [0.25, 0.3) is 10.0 Å². The average molecular weight is 429 g/mol. The Bertz CT molecular complexity index is 911. The van der Waals surface area contributed by atoms with Gasteiger partial charge in [0.2, 0.25) is 5.91 Å². The highest BCUT2D eigenvalue weighted by atomic mass is 35.5. The topological polar surface area (TPSA) is 57.7 Å². The summed E-state index contributed by atoms with van der Waals surface area (Å²) < 4.78 is 27.5. The molecule has 0 spiro atoms. The van der Waals surface area contributed by atoms with Crippen molar-refractivity contribution in [3.8, 4) is 0 Å². The smallest absolute Gasteiger partial charge is 0.252 e. The van der Waals surface area contributed by atoms with E-state index in [2.05, 4.69) is 6.07 Å². The van der Waals surface area contributed by atoms with Gasteiger partial charge in [0.05, 0.1) is 9.59 Å². The van der Waals surface area contributed by atoms with Gasteiger partial charge in [-0.05, 0) is 30.2 Å². The number of benzene rings is 1. The number of carbonyl (C=O) groups excluding carboxylic acids is 1. The molecule has 0 radical (unpaired) electrons. The van der Waals surface area contributed by atoms with Crippen molar-refractivity contribution in [1.29, 1.82) is 0 Å². The van der Waals surface area contributed by atoms with E-state index in [1.54, 1.807) is 22.7 Å². The molecule has 1 atom stereocenters. The van der Waals surface area contributed by atoms with E-state index in [1.807, 2.05) is 18.2 Å². The van der Waals surface area contributed by atoms with Crippen LogP contribution < -0.4 is 0 Å². The minimum Gasteiger partial charge on any atom is -0.339 e. The lowest BCUT2D eigenvalue weighted by molar-refractivity contribution is -0.131. The Labute approximate surface area is 166 Å². The summed E-state index contributed by atoms with van der Waals surface area (Å²) in [5.41, 5.74) is 1.21. The standard InChI is InChI=1S/C17H17ClN2O3S3/c18-15-5-6-16(25-15)26(22,23)20-9-7-19(8-10-20)17(21)14-11-12-3-1-2-4-13(12)24-14/h1-6,14H,7-11H2. The van der Waals surface area contributed by atoms with Crippen molar-refractivity contribution in [2.75, 3.05) is 26.2 Å². The SMILES string of the molecule is O=C(C1Cc2ccccc2S1)N1CCN(S(=O)(=O)c2ccc(Cl)s2)CC1. The zero-order chi connectivity index (χ0) is 18.3. The highest BCUT2D eigenvalue weighted by Crippen LogP contribution is 2.38. The number of fused-ring (bicyclic) bond motifs is 1. The summed E-state index contributed by atoms with van der Waals surface area (Å²) >= 11 is 8.53. The van der Waals surface area contributed by atoms with E-state index in [1.165, 1.54) is 20.8 Å². The van der Waals surface area contributed by atoms with Crippen LogP contribution in [0.4, 0.5) is 0 Å². The molecule has 26 heavy (non-hydrogen) atoms. The first-order valence-electron chi connectivity index (χ1n) is 8.24. The van der Waals surface area contributed by atoms with Gasteiger partial charge < -0.3 is 4.90 Å². The van der Waals surface area contributed by atoms with Crippen LogP contribution in [0.5, 0.6) is 0 Å². The third kappa shape index (κ3) is 3.41. The number of thiophene rings is 1. The molecule has 9 heteroatoms. The lowest BCUT2D eigenvalue weighted by Gasteiger charge is -2.34. The molecule has 2 aliphatic heterocycles. The molecule has 0 saturated carbocycles. The Morgan fingerprint density at radius 1 is 1.08 bits per heavy atom. The van der Waals surface area contributed by atoms with Crippen molar-refractivity contribution >= 4 is 50.6 Å². The third-order valence-corrected chi connectivity index (χ3v) is 9.52. The first-order chi connectivity index (χ1) is 12.4. The highest BCUT2D eigenvalue weighted by Gasteiger charge is 2.35. The maximum Gasteiger partial charge on any atom is 0.252 e. The van der Waals surface area contributed by atoms with E-state index < -0.39 is 10.0 Å². The lowest BCUT2D eigenvalue weighted by Crippen LogP contribution is -2.52. The fourth-order valence-electron chi connectivity index (χ4n) is 3.24. The summed E-state index contributed by atoms with van der Waals surface area (Å²) in [6.07, 6.45) is 0.742. The van der Waals surface area contributed by atoms with E-state index in [9.17, 15) is 13.2 Å². The van der Waals surface area contributed by atoms with Crippen LogP contribution in [-0.4, -0.2) is 55.0 Å². The van der Waals surface area contributed by atoms with Gasteiger partial charge in [-0.15, -0.1) is 23.1 Å². The molecule has 1 aromatic carbocycles. The van der Waals surface area contributed by atoms with Gasteiger partial charge >= 0.3 is 0 Å². The minimum absolute atomic E-state index is 0.0995. The first kappa shape index (κ1) is 18.3. The number of thioether (sulfide) groups is 1. The second-order valence-corrected chi connectivity index (χ2v) is 11.3. The molecule has 3 heterocycles. The molecule has 4 rings (SSSR count). The van der Waals surface area contributed by atoms with Crippen molar-refractivity contribution in [2.45, 2.75) is 20.8 Å². The molecule has 0 aliphatic carbocycles. The van der Waals surface area contributed by atoms with Crippen LogP contribution in [0.15, 0.2) is 45.5 Å². The van der Waals surface area contributed by atoms with Crippen LogP contribution in [0, 0.1) is 0 Å². The number of halogens is 1. The van der Waals surface area contributed by atoms with Crippen molar-refractivity contribution < 1.29 is 13.2 Å². The van der Waals surface area contributed by atoms with Crippen LogP contribution in [0.1, 0.15) is 5.56 Å². The number of rotatable bonds is 3. The summed E-state index contributed by atoms with van der Waals surface area (Å²) in [4.78, 5) is 15.8. The van der Waals surface area contributed by atoms with Gasteiger partial charge in [0.1, 0.15) is 4.21 Å². The number of sulfonamides is 1. The monoisotopic (exact) mass is 428 g/mol. The Morgan fingerprint density at radius 3 is 2.46 bits per heavy atom. The first-order valence-corrected chi connectivity index (χ1v) is 11.8. The van der Waals surface area contributed by atoms with Gasteiger partial charge in [-0.25, -0.2) is 8.42 Å². The Balaban J connectivity index is 1.39. The number of carbonyl (C=O) groups is 1. The fourth-order valence-corrected chi connectivity index (χ4v) is 7.57. The zero-order valence-corrected chi connectivity index (χ0v) is 17.0. The van der Waals surface area contributed by atoms with E-state index in [4.69, 9.17) is 11.6 Å². The fraction of sp³-hybridized carbons (Fsp3) is 0.353. The molecular formula is C17H17ClN2O3S3. The lowest BCUT2D eigenvalue weighted by atomic mass is 10.1. The van der Waals surface area contributed by atoms with Gasteiger partial charge in [-0.1, -0.05) is 29.8 Å². The van der Waals surface area contributed by atoms with Crippen LogP contribution in [0.3, 0.4) is 0 Å². The molecular weight excluding hydrogens is 412 g/mol. The van der Waals surface area contributed by atoms with Gasteiger partial charge in [0.15, 0.2) is 0 Å². The van der Waals surface area contributed by atoms with Crippen molar-refractivity contribution in [1.82, 2.24) is 9.21 Å². The summed E-state index contributed by atoms with van der Waals surface area (Å²) in [5, 5.41) is -0.105. The van der Waals surface area contributed by atoms with Gasteiger partial charge in [0, 0.05) is 31.1 Å². The Kier molecular flexibility index (Phi) is 5.04. The molecule has 1 aromatic heterocycles. The third-order valence-electron chi connectivity index (χ3n) is 4.62. The molecule has 0 bridgehead atoms. The quantitative estimate of drug-likeness (QED) is 0.754. The van der Waals surface area contributed by atoms with Gasteiger partial charge in [-0.3, -0.25) is 4.79 Å². The largest absolute Gasteiger partial charge is 0.339 e. The maximum atomic E-state index is 12.8. The second kappa shape index (κ2) is 7.16. The zero-order valence-electron chi connectivity index (χ0n) is 13.8. The Morgan fingerprint density at radius 2 is 1.81 bits per heavy atom. The number of hydrogen-bond acceptors (Lipinski definition) is 5. The predicted molar refractivity (Wildman–Crippen MR) is 104 cm³/mol. The van der Waals surface area contributed by atoms with E-state index in [-0.39, 0.29) is 15.4 Å². The van der Waals surface area contributed by atoms with Crippen molar-refractivity contribution in [2.24, 2.45) is 0 Å². The predicted octanol–water partition coefficient (Wildman–Crippen LogP) is 2.95. The molecule has 1 fully saturated rings. The minimum atomic E-state index is -3.53. The molecule has 1 amide bonds. The van der Waals surface area contributed by atoms with Crippen LogP contribution >= 0.6 is 34.7 Å². The molecule has 2 aromatic rings. The maximum absolute atomic E-state index is 12.8. The van der Waals surface area contributed by atoms with E-state index in [0.717, 1.165) is 17.8 Å². The van der Waals surface area contributed by atoms with Crippen LogP contribution in [0.25, 0.3) is 0 Å². The van der Waals surface area contributed by atoms with Crippen molar-refractivity contribution in [3.63, 3.8) is 0 Å². The normalized spacial score (nSPS) is 21.0. The Hall–Kier alpha value is -1.06. The second-order valence-electron chi connectivity index (χ2n) is 6.21. The summed E-state index contributed by atoms with van der Waals surface area (Å²) in [6, 6.07) is 11.2. The van der Waals surface area contributed by atoms with Crippen LogP contribution in [0.2, 0.25) is 4.34 Å². The molecule has 138 valence electrons. The number of piperazine rings is 1. The van der Waals surface area contributed by atoms with E-state index >= 15 is 0 Å². The van der Waals surface area contributed by atoms with Crippen molar-refractivity contribution in [3.05, 3.63) is 46.3 Å². The summed E-state index contributed by atoms with van der Waals surface area (Å²) in [7, 11) is -3.53. The van der Waals surface area contributed by atoms with Gasteiger partial charge in [-0.2, -0.15) is 4.31 Å². The summed E-state index contributed by atoms with van der Waals surface area (Å²) in [5.74, 6) is 0.0995. The number of hydrogen-bond donors (Lipinski definition) is 0. The average Bonchev–Trinajstić information content (AvgIpc) is 3.27. The highest BCUT2D eigenvalue weighted by molar-refractivity contribution is 8.01. The number of amides is 1. The molecule has 5 nitrogen and oxygen atoms in total. The summed E-state index contributed by atoms with van der Waals surface area (Å²) in [6.45, 7) is 1.47. The van der Waals surface area contributed by atoms with Crippen LogP contribution in [-0.2, 0) is 21.2 Å². The molecule has 2 aliphatic rings. The molecule has 0 N–H and O–H groups in total.